The maximum absolute atomic E-state index is 12.0. The molecular weight excluding hydrogens is 93.1 g/mol. The molecule has 2 N–H and O–H groups in total. The second-order valence-electron chi connectivity index (χ2n) is 2.77. The lowest BCUT2D eigenvalue weighted by molar-refractivity contribution is 0.169. The van der Waals surface area contributed by atoms with Crippen LogP contribution in [0.4, 0.5) is 4.39 Å². The van der Waals surface area contributed by atoms with E-state index in [0.29, 0.717) is 0 Å². The van der Waals surface area contributed by atoms with Crippen molar-refractivity contribution in [3.05, 3.63) is 0 Å². The smallest absolute Gasteiger partial charge is 0.153 e. The molecule has 0 heterocycles. The van der Waals surface area contributed by atoms with Gasteiger partial charge in [-0.05, 0) is 0 Å². The Morgan fingerprint density at radius 3 is 1.57 bits per heavy atom. The maximum Gasteiger partial charge on any atom is 0.153 e. The summed E-state index contributed by atoms with van der Waals surface area (Å²) in [6, 6.07) is 0. The van der Waals surface area contributed by atoms with Gasteiger partial charge in [-0.15, -0.1) is 0 Å². The van der Waals surface area contributed by atoms with Gasteiger partial charge in [0, 0.05) is 5.41 Å². The summed E-state index contributed by atoms with van der Waals surface area (Å²) in [5.41, 5.74) is 4.51. The fraction of sp³-hybridized carbons (Fsp3) is 1.00. The summed E-state index contributed by atoms with van der Waals surface area (Å²) in [6.45, 7) is 5.28. The van der Waals surface area contributed by atoms with Crippen LogP contribution in [0.25, 0.3) is 0 Å². The summed E-state index contributed by atoms with van der Waals surface area (Å²) in [5.74, 6) is 0. The molecule has 0 aliphatic carbocycles. The fourth-order valence-corrected chi connectivity index (χ4v) is 0. The summed E-state index contributed by atoms with van der Waals surface area (Å²) < 4.78 is 12.0. The normalized spacial score (nSPS) is 16.7. The molecule has 0 rings (SSSR count). The molecule has 0 saturated carbocycles. The van der Waals surface area contributed by atoms with Gasteiger partial charge in [-0.2, -0.15) is 0 Å². The van der Waals surface area contributed by atoms with E-state index in [9.17, 15) is 4.39 Å². The molecule has 1 nitrogen and oxygen atoms in total. The van der Waals surface area contributed by atoms with Crippen molar-refractivity contribution >= 4 is 0 Å². The first-order chi connectivity index (χ1) is 2.94. The molecule has 0 aliphatic rings. The van der Waals surface area contributed by atoms with Crippen molar-refractivity contribution in [2.45, 2.75) is 27.1 Å². The molecule has 0 bridgehead atoms. The highest BCUT2D eigenvalue weighted by molar-refractivity contribution is 4.65. The van der Waals surface area contributed by atoms with Crippen LogP contribution in [0, 0.1) is 5.41 Å². The van der Waals surface area contributed by atoms with Crippen molar-refractivity contribution in [1.82, 2.24) is 0 Å². The lowest BCUT2D eigenvalue weighted by atomic mass is 9.96. The van der Waals surface area contributed by atoms with Crippen LogP contribution in [-0.4, -0.2) is 6.30 Å². The standard InChI is InChI=1S/C5H12FN/c1-5(2,3)4(6)7/h4H,7H2,1-3H3. The highest BCUT2D eigenvalue weighted by atomic mass is 19.1. The van der Waals surface area contributed by atoms with Crippen LogP contribution in [0.2, 0.25) is 0 Å². The van der Waals surface area contributed by atoms with Crippen molar-refractivity contribution in [1.29, 1.82) is 0 Å². The van der Waals surface area contributed by atoms with Gasteiger partial charge in [0.2, 0.25) is 0 Å². The zero-order valence-corrected chi connectivity index (χ0v) is 5.03. The quantitative estimate of drug-likeness (QED) is 0.461. The second kappa shape index (κ2) is 1.78. The van der Waals surface area contributed by atoms with E-state index in [4.69, 9.17) is 5.73 Å². The Bertz CT molecular complexity index is 53.6. The number of hydrogen-bond donors (Lipinski definition) is 1. The highest BCUT2D eigenvalue weighted by Gasteiger charge is 2.18. The van der Waals surface area contributed by atoms with Gasteiger partial charge >= 0.3 is 0 Å². The van der Waals surface area contributed by atoms with E-state index in [0.717, 1.165) is 0 Å². The van der Waals surface area contributed by atoms with Crippen LogP contribution >= 0.6 is 0 Å². The highest BCUT2D eigenvalue weighted by Crippen LogP contribution is 2.17. The molecule has 0 aromatic rings. The summed E-state index contributed by atoms with van der Waals surface area (Å²) in [7, 11) is 0. The Kier molecular flexibility index (Phi) is 1.75. The molecule has 0 spiro atoms. The van der Waals surface area contributed by atoms with Crippen molar-refractivity contribution in [2.75, 3.05) is 0 Å². The van der Waals surface area contributed by atoms with E-state index >= 15 is 0 Å². The van der Waals surface area contributed by atoms with Gasteiger partial charge < -0.3 is 5.73 Å². The van der Waals surface area contributed by atoms with E-state index in [1.54, 1.807) is 20.8 Å². The predicted octanol–water partition coefficient (Wildman–Crippen LogP) is 1.29. The van der Waals surface area contributed by atoms with E-state index in [1.807, 2.05) is 0 Å². The molecule has 0 radical (unpaired) electrons. The van der Waals surface area contributed by atoms with Gasteiger partial charge in [-0.1, -0.05) is 20.8 Å². The molecule has 0 aliphatic heterocycles. The Labute approximate surface area is 43.7 Å². The van der Waals surface area contributed by atoms with Crippen LogP contribution in [0.1, 0.15) is 20.8 Å². The first-order valence-electron chi connectivity index (χ1n) is 2.34. The second-order valence-corrected chi connectivity index (χ2v) is 2.77. The average Bonchev–Trinajstić information content (AvgIpc) is 1.31. The van der Waals surface area contributed by atoms with E-state index in [1.165, 1.54) is 0 Å². The number of halogens is 1. The topological polar surface area (TPSA) is 26.0 Å². The number of hydrogen-bond acceptors (Lipinski definition) is 1. The van der Waals surface area contributed by atoms with Crippen LogP contribution < -0.4 is 5.73 Å². The number of nitrogens with two attached hydrogens (primary N) is 1. The monoisotopic (exact) mass is 105 g/mol. The molecule has 44 valence electrons. The maximum atomic E-state index is 12.0. The van der Waals surface area contributed by atoms with E-state index in [2.05, 4.69) is 0 Å². The third kappa shape index (κ3) is 2.57. The average molecular weight is 105 g/mol. The lowest BCUT2D eigenvalue weighted by Gasteiger charge is -2.18. The van der Waals surface area contributed by atoms with Crippen molar-refractivity contribution < 1.29 is 4.39 Å². The van der Waals surface area contributed by atoms with E-state index < -0.39 is 6.30 Å². The molecule has 0 aromatic carbocycles. The molecule has 1 atom stereocenters. The van der Waals surface area contributed by atoms with Crippen LogP contribution in [-0.2, 0) is 0 Å². The van der Waals surface area contributed by atoms with Crippen molar-refractivity contribution in [2.24, 2.45) is 11.1 Å². The molecular formula is C5H12FN. The lowest BCUT2D eigenvalue weighted by Crippen LogP contribution is -2.29. The van der Waals surface area contributed by atoms with Gasteiger partial charge in [0.05, 0.1) is 0 Å². The van der Waals surface area contributed by atoms with Crippen LogP contribution in [0.5, 0.6) is 0 Å². The Hall–Kier alpha value is -0.110. The van der Waals surface area contributed by atoms with Crippen molar-refractivity contribution in [3.8, 4) is 0 Å². The third-order valence-electron chi connectivity index (χ3n) is 0.827. The molecule has 2 heteroatoms. The van der Waals surface area contributed by atoms with Crippen molar-refractivity contribution in [3.63, 3.8) is 0 Å². The van der Waals surface area contributed by atoms with Gasteiger partial charge in [-0.25, -0.2) is 4.39 Å². The van der Waals surface area contributed by atoms with Gasteiger partial charge in [0.15, 0.2) is 6.30 Å². The third-order valence-corrected chi connectivity index (χ3v) is 0.827. The zero-order valence-electron chi connectivity index (χ0n) is 5.03. The molecule has 0 fully saturated rings. The molecule has 0 amide bonds. The molecule has 1 unspecified atom stereocenters. The van der Waals surface area contributed by atoms with Gasteiger partial charge in [-0.3, -0.25) is 0 Å². The molecule has 7 heavy (non-hydrogen) atoms. The van der Waals surface area contributed by atoms with Crippen LogP contribution in [0.15, 0.2) is 0 Å². The Balaban J connectivity index is 3.54. The minimum atomic E-state index is -1.20. The predicted molar refractivity (Wildman–Crippen MR) is 28.5 cm³/mol. The van der Waals surface area contributed by atoms with Crippen LogP contribution in [0.3, 0.4) is 0 Å². The molecule has 0 saturated heterocycles. The number of alkyl halides is 1. The Morgan fingerprint density at radius 1 is 1.43 bits per heavy atom. The summed E-state index contributed by atoms with van der Waals surface area (Å²) >= 11 is 0. The minimum Gasteiger partial charge on any atom is -0.301 e. The first-order valence-corrected chi connectivity index (χ1v) is 2.34. The van der Waals surface area contributed by atoms with E-state index in [-0.39, 0.29) is 5.41 Å². The zero-order chi connectivity index (χ0) is 6.08. The minimum absolute atomic E-state index is 0.389. The number of rotatable bonds is 0. The van der Waals surface area contributed by atoms with Gasteiger partial charge in [0.1, 0.15) is 0 Å². The SMILES string of the molecule is CC(C)(C)C(N)F. The molecule has 0 aromatic heterocycles. The summed E-state index contributed by atoms with van der Waals surface area (Å²) in [5, 5.41) is 0. The summed E-state index contributed by atoms with van der Waals surface area (Å²) in [6.07, 6.45) is -1.20. The van der Waals surface area contributed by atoms with Gasteiger partial charge in [0.25, 0.3) is 0 Å². The largest absolute Gasteiger partial charge is 0.301 e. The fourth-order valence-electron chi connectivity index (χ4n) is 0. The Morgan fingerprint density at radius 2 is 1.57 bits per heavy atom. The summed E-state index contributed by atoms with van der Waals surface area (Å²) in [4.78, 5) is 0. The first kappa shape index (κ1) is 6.89.